The van der Waals surface area contributed by atoms with Crippen LogP contribution >= 0.6 is 22.9 Å². The highest BCUT2D eigenvalue weighted by Crippen LogP contribution is 2.22. The first-order valence-corrected chi connectivity index (χ1v) is 14.0. The van der Waals surface area contributed by atoms with E-state index < -0.39 is 10.8 Å². The summed E-state index contributed by atoms with van der Waals surface area (Å²) in [7, 11) is 1.51. The zero-order valence-corrected chi connectivity index (χ0v) is 23.9. The lowest BCUT2D eigenvalue weighted by Crippen LogP contribution is -2.49. The number of thiazole rings is 1. The van der Waals surface area contributed by atoms with Crippen LogP contribution in [0.4, 0.5) is 16.5 Å². The second kappa shape index (κ2) is 14.0. The molecular formula is C27H29ClN6O6S. The molecule has 1 saturated heterocycles. The molecular weight excluding hydrogens is 572 g/mol. The van der Waals surface area contributed by atoms with Crippen molar-refractivity contribution in [3.8, 4) is 0 Å². The van der Waals surface area contributed by atoms with Gasteiger partial charge < -0.3 is 24.8 Å². The largest absolute Gasteiger partial charge is 0.383 e. The van der Waals surface area contributed by atoms with Crippen molar-refractivity contribution in [1.29, 1.82) is 0 Å². The minimum absolute atomic E-state index is 0.0374. The Balaban J connectivity index is 1.28. The van der Waals surface area contributed by atoms with E-state index in [1.54, 1.807) is 46.7 Å². The number of rotatable bonds is 11. The van der Waals surface area contributed by atoms with Crippen molar-refractivity contribution in [3.63, 3.8) is 0 Å². The molecule has 1 N–H and O–H groups in total. The van der Waals surface area contributed by atoms with Gasteiger partial charge in [-0.1, -0.05) is 23.7 Å². The van der Waals surface area contributed by atoms with Gasteiger partial charge in [0.15, 0.2) is 5.13 Å². The van der Waals surface area contributed by atoms with E-state index in [0.29, 0.717) is 47.6 Å². The van der Waals surface area contributed by atoms with E-state index in [2.05, 4.69) is 15.2 Å². The molecule has 1 aromatic heterocycles. The number of nitro groups is 1. The fourth-order valence-electron chi connectivity index (χ4n) is 4.30. The summed E-state index contributed by atoms with van der Waals surface area (Å²) in [6.45, 7) is 2.46. The summed E-state index contributed by atoms with van der Waals surface area (Å²) in [5.74, 6) is -0.898. The second-order valence-corrected chi connectivity index (χ2v) is 10.5. The third-order valence-electron chi connectivity index (χ3n) is 6.48. The third kappa shape index (κ3) is 7.99. The van der Waals surface area contributed by atoms with Crippen molar-refractivity contribution in [2.45, 2.75) is 6.42 Å². The molecule has 0 bridgehead atoms. The van der Waals surface area contributed by atoms with Crippen LogP contribution < -0.4 is 10.2 Å². The van der Waals surface area contributed by atoms with Crippen molar-refractivity contribution in [2.75, 3.05) is 63.2 Å². The zero-order chi connectivity index (χ0) is 29.4. The maximum absolute atomic E-state index is 13.0. The molecule has 0 spiro atoms. The first kappa shape index (κ1) is 29.9. The molecule has 0 unspecified atom stereocenters. The Kier molecular flexibility index (Phi) is 10.2. The number of carbonyl (C=O) groups is 3. The van der Waals surface area contributed by atoms with E-state index in [-0.39, 0.29) is 43.6 Å². The second-order valence-electron chi connectivity index (χ2n) is 9.21. The number of hydrogen-bond donors (Lipinski definition) is 1. The van der Waals surface area contributed by atoms with E-state index in [1.165, 1.54) is 35.5 Å². The van der Waals surface area contributed by atoms with Gasteiger partial charge >= 0.3 is 0 Å². The number of nitrogens with zero attached hydrogens (tertiary/aromatic N) is 5. The van der Waals surface area contributed by atoms with Gasteiger partial charge in [-0.05, 0) is 24.3 Å². The molecule has 1 aliphatic rings. The molecule has 14 heteroatoms. The summed E-state index contributed by atoms with van der Waals surface area (Å²) < 4.78 is 5.09. The third-order valence-corrected chi connectivity index (χ3v) is 7.62. The van der Waals surface area contributed by atoms with E-state index in [1.807, 2.05) is 0 Å². The number of halogens is 1. The van der Waals surface area contributed by atoms with Crippen LogP contribution in [0.25, 0.3) is 0 Å². The molecule has 216 valence electrons. The summed E-state index contributed by atoms with van der Waals surface area (Å²) in [6, 6.07) is 13.0. The highest BCUT2D eigenvalue weighted by Gasteiger charge is 2.24. The number of aromatic nitrogens is 1. The van der Waals surface area contributed by atoms with Crippen LogP contribution in [0.1, 0.15) is 16.1 Å². The van der Waals surface area contributed by atoms with Gasteiger partial charge in [0.2, 0.25) is 11.8 Å². The van der Waals surface area contributed by atoms with Gasteiger partial charge in [-0.25, -0.2) is 4.98 Å². The molecule has 1 aliphatic heterocycles. The number of anilines is 2. The molecule has 0 aliphatic carbocycles. The fourth-order valence-corrected chi connectivity index (χ4v) is 5.25. The smallest absolute Gasteiger partial charge is 0.269 e. The summed E-state index contributed by atoms with van der Waals surface area (Å²) in [6.07, 6.45) is 0.0921. The topological polar surface area (TPSA) is 138 Å². The Bertz CT molecular complexity index is 1390. The molecule has 41 heavy (non-hydrogen) atoms. The van der Waals surface area contributed by atoms with Gasteiger partial charge in [0.05, 0.1) is 34.2 Å². The van der Waals surface area contributed by atoms with Gasteiger partial charge in [-0.15, -0.1) is 11.3 Å². The Morgan fingerprint density at radius 1 is 1.12 bits per heavy atom. The van der Waals surface area contributed by atoms with Crippen molar-refractivity contribution >= 4 is 57.2 Å². The molecule has 3 aromatic rings. The number of nitro benzene ring substituents is 1. The molecule has 0 saturated carbocycles. The Hall–Kier alpha value is -4.07. The molecule has 2 heterocycles. The monoisotopic (exact) mass is 600 g/mol. The van der Waals surface area contributed by atoms with Crippen molar-refractivity contribution in [3.05, 3.63) is 80.3 Å². The number of nitrogens with one attached hydrogen (secondary N) is 1. The van der Waals surface area contributed by atoms with Crippen LogP contribution in [0.15, 0.2) is 53.9 Å². The van der Waals surface area contributed by atoms with Crippen LogP contribution in [0.2, 0.25) is 5.02 Å². The van der Waals surface area contributed by atoms with Gasteiger partial charge in [0.25, 0.3) is 11.6 Å². The molecule has 0 atom stereocenters. The summed E-state index contributed by atoms with van der Waals surface area (Å²) in [5.41, 5.74) is 1.74. The van der Waals surface area contributed by atoms with Crippen LogP contribution in [-0.2, 0) is 20.7 Å². The van der Waals surface area contributed by atoms with Gasteiger partial charge in [-0.2, -0.15) is 0 Å². The first-order chi connectivity index (χ1) is 19.7. The number of benzene rings is 2. The summed E-state index contributed by atoms with van der Waals surface area (Å²) >= 11 is 7.37. The highest BCUT2D eigenvalue weighted by atomic mass is 35.5. The predicted molar refractivity (Wildman–Crippen MR) is 156 cm³/mol. The maximum Gasteiger partial charge on any atom is 0.269 e. The Labute approximate surface area is 245 Å². The molecule has 4 rings (SSSR count). The minimum Gasteiger partial charge on any atom is -0.383 e. The number of ether oxygens (including phenoxy) is 1. The predicted octanol–water partition coefficient (Wildman–Crippen LogP) is 3.32. The quantitative estimate of drug-likeness (QED) is 0.261. The van der Waals surface area contributed by atoms with E-state index in [4.69, 9.17) is 16.3 Å². The average molecular weight is 601 g/mol. The lowest BCUT2D eigenvalue weighted by molar-refractivity contribution is -0.384. The van der Waals surface area contributed by atoms with Crippen LogP contribution in [0, 0.1) is 10.1 Å². The SMILES string of the molecule is COCCN(CC(=O)Nc1nc(CC(=O)N2CCN(c3ccc([N+](=O)[O-])cc3)CC2)cs1)C(=O)c1ccccc1Cl. The number of methoxy groups -OCH3 is 1. The van der Waals surface area contributed by atoms with E-state index in [0.717, 1.165) is 5.69 Å². The molecule has 2 aromatic carbocycles. The van der Waals surface area contributed by atoms with Crippen LogP contribution in [0.3, 0.4) is 0 Å². The Morgan fingerprint density at radius 3 is 2.49 bits per heavy atom. The lowest BCUT2D eigenvalue weighted by atomic mass is 10.2. The number of carbonyl (C=O) groups excluding carboxylic acids is 3. The molecule has 1 fully saturated rings. The molecule has 12 nitrogen and oxygen atoms in total. The number of non-ortho nitro benzene ring substituents is 1. The van der Waals surface area contributed by atoms with Gasteiger partial charge in [-0.3, -0.25) is 24.5 Å². The zero-order valence-electron chi connectivity index (χ0n) is 22.3. The average Bonchev–Trinajstić information content (AvgIpc) is 3.41. The normalized spacial score (nSPS) is 13.1. The van der Waals surface area contributed by atoms with Crippen molar-refractivity contribution in [2.24, 2.45) is 0 Å². The Morgan fingerprint density at radius 2 is 1.83 bits per heavy atom. The van der Waals surface area contributed by atoms with Crippen LogP contribution in [0.5, 0.6) is 0 Å². The van der Waals surface area contributed by atoms with Crippen LogP contribution in [-0.4, -0.2) is 90.4 Å². The lowest BCUT2D eigenvalue weighted by Gasteiger charge is -2.36. The van der Waals surface area contributed by atoms with E-state index >= 15 is 0 Å². The fraction of sp³-hybridized carbons (Fsp3) is 0.333. The minimum atomic E-state index is -0.434. The summed E-state index contributed by atoms with van der Waals surface area (Å²) in [5, 5.41) is 15.9. The van der Waals surface area contributed by atoms with Gasteiger partial charge in [0, 0.05) is 63.0 Å². The number of hydrogen-bond acceptors (Lipinski definition) is 9. The first-order valence-electron chi connectivity index (χ1n) is 12.8. The number of amides is 3. The summed E-state index contributed by atoms with van der Waals surface area (Å²) in [4.78, 5) is 58.7. The van der Waals surface area contributed by atoms with Crippen molar-refractivity contribution in [1.82, 2.24) is 14.8 Å². The number of piperazine rings is 1. The highest BCUT2D eigenvalue weighted by molar-refractivity contribution is 7.13. The maximum atomic E-state index is 13.0. The molecule has 3 amide bonds. The molecule has 0 radical (unpaired) electrons. The van der Waals surface area contributed by atoms with Crippen molar-refractivity contribution < 1.29 is 24.0 Å². The van der Waals surface area contributed by atoms with E-state index in [9.17, 15) is 24.5 Å². The van der Waals surface area contributed by atoms with Gasteiger partial charge in [0.1, 0.15) is 6.54 Å². The standard InChI is InChI=1S/C27H29ClN6O6S/c1-40-15-14-33(26(37)22-4-2-3-5-23(22)28)17-24(35)30-27-29-19(18-41-27)16-25(36)32-12-10-31(11-13-32)20-6-8-21(9-7-20)34(38)39/h2-9,18H,10-17H2,1H3,(H,29,30,35).